The third-order valence-electron chi connectivity index (χ3n) is 1.28. The van der Waals surface area contributed by atoms with Gasteiger partial charge >= 0.3 is 6.18 Å². The number of hydrogen-bond acceptors (Lipinski definition) is 1. The lowest BCUT2D eigenvalue weighted by molar-refractivity contribution is -0.141. The van der Waals surface area contributed by atoms with E-state index < -0.39 is 23.3 Å². The predicted molar refractivity (Wildman–Crippen MR) is 37.1 cm³/mol. The van der Waals surface area contributed by atoms with E-state index in [4.69, 9.17) is 6.42 Å². The second kappa shape index (κ2) is 3.05. The molecule has 1 aromatic heterocycles. The fourth-order valence-corrected chi connectivity index (χ4v) is 0.775. The highest BCUT2D eigenvalue weighted by Gasteiger charge is 2.35. The smallest absolute Gasteiger partial charge is 0.247 e. The first kappa shape index (κ1) is 9.52. The van der Waals surface area contributed by atoms with Gasteiger partial charge in [-0.05, 0) is 6.07 Å². The molecule has 0 atom stereocenters. The first-order valence-corrected chi connectivity index (χ1v) is 3.14. The number of pyridine rings is 1. The molecule has 1 heterocycles. The second-order valence-electron chi connectivity index (χ2n) is 2.19. The van der Waals surface area contributed by atoms with Gasteiger partial charge < -0.3 is 0 Å². The van der Waals surface area contributed by atoms with Crippen molar-refractivity contribution in [3.63, 3.8) is 0 Å². The quantitative estimate of drug-likeness (QED) is 0.450. The minimum atomic E-state index is -4.64. The number of terminal acetylenes is 1. The molecule has 0 aliphatic rings. The van der Waals surface area contributed by atoms with Crippen LogP contribution in [0.3, 0.4) is 0 Å². The fraction of sp³-hybridized carbons (Fsp3) is 0.125. The Labute approximate surface area is 71.4 Å². The fourth-order valence-electron chi connectivity index (χ4n) is 0.775. The molecule has 0 saturated carbocycles. The summed E-state index contributed by atoms with van der Waals surface area (Å²) in [7, 11) is 0. The lowest BCUT2D eigenvalue weighted by Gasteiger charge is -2.06. The van der Waals surface area contributed by atoms with Gasteiger partial charge in [-0.3, -0.25) is 0 Å². The highest BCUT2D eigenvalue weighted by atomic mass is 19.4. The minimum Gasteiger partial charge on any atom is -0.247 e. The van der Waals surface area contributed by atoms with Gasteiger partial charge in [0.1, 0.15) is 5.82 Å². The predicted octanol–water partition coefficient (Wildman–Crippen LogP) is 2.22. The number of hydrogen-bond donors (Lipinski definition) is 0. The Balaban J connectivity index is 3.32. The molecule has 0 bridgehead atoms. The van der Waals surface area contributed by atoms with Gasteiger partial charge in [0.05, 0.1) is 11.8 Å². The Morgan fingerprint density at radius 2 is 2.00 bits per heavy atom. The largest absolute Gasteiger partial charge is 0.434 e. The van der Waals surface area contributed by atoms with Gasteiger partial charge in [-0.2, -0.15) is 13.2 Å². The van der Waals surface area contributed by atoms with E-state index in [0.717, 1.165) is 0 Å². The first-order valence-electron chi connectivity index (χ1n) is 3.14. The molecule has 1 rings (SSSR count). The van der Waals surface area contributed by atoms with Gasteiger partial charge in [0.25, 0.3) is 0 Å². The lowest BCUT2D eigenvalue weighted by Crippen LogP contribution is -2.10. The Kier molecular flexibility index (Phi) is 2.24. The molecule has 0 fully saturated rings. The molecule has 1 nitrogen and oxygen atoms in total. The number of halogens is 4. The van der Waals surface area contributed by atoms with Crippen LogP contribution >= 0.6 is 0 Å². The molecular weight excluding hydrogens is 186 g/mol. The van der Waals surface area contributed by atoms with E-state index in [1.54, 1.807) is 5.92 Å². The van der Waals surface area contributed by atoms with Crippen molar-refractivity contribution in [2.24, 2.45) is 0 Å². The topological polar surface area (TPSA) is 12.9 Å². The zero-order valence-corrected chi connectivity index (χ0v) is 6.19. The average Bonchev–Trinajstić information content (AvgIpc) is 2.01. The molecule has 0 N–H and O–H groups in total. The maximum absolute atomic E-state index is 12.4. The van der Waals surface area contributed by atoms with E-state index in [1.807, 2.05) is 0 Å². The van der Waals surface area contributed by atoms with Crippen molar-refractivity contribution < 1.29 is 17.6 Å². The van der Waals surface area contributed by atoms with Crippen molar-refractivity contribution >= 4 is 0 Å². The van der Waals surface area contributed by atoms with E-state index in [0.29, 0.717) is 12.3 Å². The van der Waals surface area contributed by atoms with E-state index in [1.165, 1.54) is 0 Å². The average molecular weight is 189 g/mol. The zero-order valence-electron chi connectivity index (χ0n) is 6.19. The van der Waals surface area contributed by atoms with Gasteiger partial charge in [-0.15, -0.1) is 6.42 Å². The summed E-state index contributed by atoms with van der Waals surface area (Å²) in [5.41, 5.74) is -1.83. The monoisotopic (exact) mass is 189 g/mol. The summed E-state index contributed by atoms with van der Waals surface area (Å²) in [6.07, 6.45) is 0.592. The van der Waals surface area contributed by atoms with Crippen molar-refractivity contribution in [3.05, 3.63) is 29.3 Å². The molecule has 1 aromatic rings. The number of nitrogens with zero attached hydrogens (tertiary/aromatic N) is 1. The van der Waals surface area contributed by atoms with Crippen molar-refractivity contribution in [1.29, 1.82) is 0 Å². The Morgan fingerprint density at radius 1 is 1.38 bits per heavy atom. The second-order valence-corrected chi connectivity index (χ2v) is 2.19. The molecule has 0 aliphatic carbocycles. The summed E-state index contributed by atoms with van der Waals surface area (Å²) in [6.45, 7) is 0. The van der Waals surface area contributed by atoms with Gasteiger partial charge in [-0.25, -0.2) is 9.37 Å². The summed E-state index contributed by atoms with van der Waals surface area (Å²) in [6, 6.07) is 0.621. The zero-order chi connectivity index (χ0) is 10.1. The van der Waals surface area contributed by atoms with E-state index in [2.05, 4.69) is 4.98 Å². The molecule has 0 unspecified atom stereocenters. The van der Waals surface area contributed by atoms with Gasteiger partial charge in [0, 0.05) is 0 Å². The Bertz CT molecular complexity index is 361. The van der Waals surface area contributed by atoms with Crippen LogP contribution in [0.15, 0.2) is 12.3 Å². The molecule has 5 heteroatoms. The van der Waals surface area contributed by atoms with Crippen LogP contribution in [0.1, 0.15) is 11.3 Å². The van der Waals surface area contributed by atoms with Crippen LogP contribution in [0.2, 0.25) is 0 Å². The Hall–Kier alpha value is -1.57. The van der Waals surface area contributed by atoms with Crippen molar-refractivity contribution in [1.82, 2.24) is 4.98 Å². The molecule has 68 valence electrons. The van der Waals surface area contributed by atoms with Crippen LogP contribution in [0.25, 0.3) is 0 Å². The molecule has 0 aliphatic heterocycles. The van der Waals surface area contributed by atoms with Crippen LogP contribution in [0, 0.1) is 18.2 Å². The van der Waals surface area contributed by atoms with Crippen LogP contribution in [-0.2, 0) is 6.18 Å². The van der Waals surface area contributed by atoms with E-state index in [-0.39, 0.29) is 0 Å². The van der Waals surface area contributed by atoms with Crippen LogP contribution in [-0.4, -0.2) is 4.98 Å². The van der Waals surface area contributed by atoms with Gasteiger partial charge in [0.15, 0.2) is 5.69 Å². The minimum absolute atomic E-state index is 0.476. The van der Waals surface area contributed by atoms with Gasteiger partial charge in [-0.1, -0.05) is 5.92 Å². The van der Waals surface area contributed by atoms with Crippen LogP contribution in [0.5, 0.6) is 0 Å². The van der Waals surface area contributed by atoms with Crippen molar-refractivity contribution in [3.8, 4) is 12.3 Å². The summed E-state index contributed by atoms with van der Waals surface area (Å²) in [5.74, 6) is 0.832. The molecule has 0 spiro atoms. The van der Waals surface area contributed by atoms with Crippen LogP contribution < -0.4 is 0 Å². The maximum atomic E-state index is 12.4. The summed E-state index contributed by atoms with van der Waals surface area (Å²) in [5, 5.41) is 0. The third kappa shape index (κ3) is 1.96. The lowest BCUT2D eigenvalue weighted by atomic mass is 10.2. The summed E-state index contributed by atoms with van der Waals surface area (Å²) in [4.78, 5) is 2.88. The molecule has 0 radical (unpaired) electrons. The number of rotatable bonds is 0. The molecule has 0 aromatic carbocycles. The summed E-state index contributed by atoms with van der Waals surface area (Å²) < 4.78 is 48.7. The third-order valence-corrected chi connectivity index (χ3v) is 1.28. The first-order chi connectivity index (χ1) is 5.95. The normalized spacial score (nSPS) is 11.0. The maximum Gasteiger partial charge on any atom is 0.434 e. The highest BCUT2D eigenvalue weighted by molar-refractivity contribution is 5.37. The van der Waals surface area contributed by atoms with Crippen molar-refractivity contribution in [2.75, 3.05) is 0 Å². The summed E-state index contributed by atoms with van der Waals surface area (Å²) >= 11 is 0. The molecule has 13 heavy (non-hydrogen) atoms. The Morgan fingerprint density at radius 3 is 2.46 bits per heavy atom. The van der Waals surface area contributed by atoms with E-state index >= 15 is 0 Å². The van der Waals surface area contributed by atoms with Crippen molar-refractivity contribution in [2.45, 2.75) is 6.18 Å². The van der Waals surface area contributed by atoms with Gasteiger partial charge in [0.2, 0.25) is 0 Å². The van der Waals surface area contributed by atoms with Crippen LogP contribution in [0.4, 0.5) is 17.6 Å². The number of aromatic nitrogens is 1. The molecular formula is C8H3F4N. The highest BCUT2D eigenvalue weighted by Crippen LogP contribution is 2.29. The number of alkyl halides is 3. The molecule has 0 saturated heterocycles. The molecule has 0 amide bonds. The van der Waals surface area contributed by atoms with E-state index in [9.17, 15) is 17.6 Å². The standard InChI is InChI=1S/C8H3F4N/c1-2-5-3-6(9)4-13-7(5)8(10,11)12/h1,3-4H. The SMILES string of the molecule is C#Cc1cc(F)cnc1C(F)(F)F.